The zero-order valence-electron chi connectivity index (χ0n) is 8.12. The molecule has 3 nitrogen and oxygen atoms in total. The van der Waals surface area contributed by atoms with Crippen molar-refractivity contribution in [2.75, 3.05) is 5.73 Å². The summed E-state index contributed by atoms with van der Waals surface area (Å²) in [5.41, 5.74) is 8.74. The summed E-state index contributed by atoms with van der Waals surface area (Å²) in [4.78, 5) is 0. The second-order valence-electron chi connectivity index (χ2n) is 3.14. The van der Waals surface area contributed by atoms with E-state index in [4.69, 9.17) is 5.73 Å². The molecule has 2 aromatic rings. The van der Waals surface area contributed by atoms with E-state index < -0.39 is 0 Å². The van der Waals surface area contributed by atoms with Crippen LogP contribution in [0.2, 0.25) is 0 Å². The van der Waals surface area contributed by atoms with Gasteiger partial charge in [0, 0.05) is 16.1 Å². The molecule has 0 spiro atoms. The molecule has 0 amide bonds. The molecule has 0 atom stereocenters. The molecular formula is C10H11BrClN3. The number of H-pyrrole nitrogens is 1. The molecular weight excluding hydrogens is 277 g/mol. The zero-order chi connectivity index (χ0) is 10.1. The van der Waals surface area contributed by atoms with Gasteiger partial charge in [0.1, 0.15) is 5.82 Å². The van der Waals surface area contributed by atoms with Crippen molar-refractivity contribution in [1.29, 1.82) is 0 Å². The van der Waals surface area contributed by atoms with Crippen molar-refractivity contribution in [3.8, 4) is 11.3 Å². The largest absolute Gasteiger partial charge is 0.382 e. The minimum Gasteiger partial charge on any atom is -0.382 e. The maximum Gasteiger partial charge on any atom is 0.145 e. The van der Waals surface area contributed by atoms with Crippen LogP contribution in [0.4, 0.5) is 5.82 Å². The first-order chi connectivity index (χ1) is 6.68. The van der Waals surface area contributed by atoms with Crippen LogP contribution in [0.15, 0.2) is 28.7 Å². The first kappa shape index (κ1) is 12.1. The van der Waals surface area contributed by atoms with E-state index in [1.165, 1.54) is 5.56 Å². The quantitative estimate of drug-likeness (QED) is 0.847. The van der Waals surface area contributed by atoms with E-state index >= 15 is 0 Å². The lowest BCUT2D eigenvalue weighted by Gasteiger charge is -2.03. The molecule has 2 rings (SSSR count). The van der Waals surface area contributed by atoms with Gasteiger partial charge in [0.05, 0.1) is 5.69 Å². The Kier molecular flexibility index (Phi) is 3.77. The van der Waals surface area contributed by atoms with Gasteiger partial charge in [0.25, 0.3) is 0 Å². The van der Waals surface area contributed by atoms with Gasteiger partial charge in [-0.2, -0.15) is 5.10 Å². The normalized spacial score (nSPS) is 9.73. The summed E-state index contributed by atoms with van der Waals surface area (Å²) >= 11 is 3.54. The van der Waals surface area contributed by atoms with Crippen LogP contribution in [0.1, 0.15) is 5.56 Å². The predicted molar refractivity (Wildman–Crippen MR) is 68.1 cm³/mol. The van der Waals surface area contributed by atoms with Crippen molar-refractivity contribution in [3.63, 3.8) is 0 Å². The minimum absolute atomic E-state index is 0. The van der Waals surface area contributed by atoms with Crippen LogP contribution < -0.4 is 5.73 Å². The highest BCUT2D eigenvalue weighted by Gasteiger charge is 2.06. The second-order valence-corrected chi connectivity index (χ2v) is 3.94. The molecule has 80 valence electrons. The number of nitrogens with one attached hydrogen (secondary N) is 1. The number of nitrogen functional groups attached to an aromatic ring is 1. The maximum atomic E-state index is 5.55. The fourth-order valence-corrected chi connectivity index (χ4v) is 1.81. The Morgan fingerprint density at radius 3 is 2.73 bits per heavy atom. The van der Waals surface area contributed by atoms with Crippen LogP contribution >= 0.6 is 28.3 Å². The van der Waals surface area contributed by atoms with E-state index in [0.29, 0.717) is 5.82 Å². The van der Waals surface area contributed by atoms with Crippen LogP contribution in [-0.4, -0.2) is 10.2 Å². The molecule has 0 bridgehead atoms. The molecule has 5 heteroatoms. The van der Waals surface area contributed by atoms with Gasteiger partial charge < -0.3 is 5.73 Å². The Balaban J connectivity index is 0.00000112. The number of hydrogen-bond donors (Lipinski definition) is 2. The van der Waals surface area contributed by atoms with Gasteiger partial charge in [0.2, 0.25) is 0 Å². The molecule has 0 fully saturated rings. The first-order valence-corrected chi connectivity index (χ1v) is 5.04. The average Bonchev–Trinajstić information content (AvgIpc) is 2.57. The summed E-state index contributed by atoms with van der Waals surface area (Å²) < 4.78 is 1.07. The molecule has 15 heavy (non-hydrogen) atoms. The van der Waals surface area contributed by atoms with Gasteiger partial charge >= 0.3 is 0 Å². The average molecular weight is 289 g/mol. The van der Waals surface area contributed by atoms with E-state index in [0.717, 1.165) is 15.7 Å². The third-order valence-corrected chi connectivity index (χ3v) is 3.13. The van der Waals surface area contributed by atoms with Crippen molar-refractivity contribution >= 4 is 34.2 Å². The monoisotopic (exact) mass is 287 g/mol. The predicted octanol–water partition coefficient (Wildman–Crippen LogP) is 3.15. The Morgan fingerprint density at radius 2 is 2.13 bits per heavy atom. The van der Waals surface area contributed by atoms with Crippen LogP contribution in [0.25, 0.3) is 11.3 Å². The number of rotatable bonds is 1. The Morgan fingerprint density at radius 1 is 1.40 bits per heavy atom. The van der Waals surface area contributed by atoms with Crippen molar-refractivity contribution in [2.45, 2.75) is 6.92 Å². The van der Waals surface area contributed by atoms with Gasteiger partial charge in [-0.15, -0.1) is 12.4 Å². The molecule has 1 aromatic carbocycles. The van der Waals surface area contributed by atoms with Crippen LogP contribution in [-0.2, 0) is 0 Å². The Bertz CT molecular complexity index is 467. The molecule has 0 aliphatic heterocycles. The van der Waals surface area contributed by atoms with Crippen molar-refractivity contribution in [2.24, 2.45) is 0 Å². The molecule has 3 N–H and O–H groups in total. The lowest BCUT2D eigenvalue weighted by Crippen LogP contribution is -1.83. The number of anilines is 1. The summed E-state index contributed by atoms with van der Waals surface area (Å²) in [6, 6.07) is 7.89. The summed E-state index contributed by atoms with van der Waals surface area (Å²) in [5.74, 6) is 0.508. The highest BCUT2D eigenvalue weighted by atomic mass is 79.9. The SMILES string of the molecule is Cc1cccc(-c2cc(N)n[nH]2)c1Br.Cl. The molecule has 0 radical (unpaired) electrons. The summed E-state index contributed by atoms with van der Waals surface area (Å²) in [5, 5.41) is 6.78. The molecule has 1 heterocycles. The van der Waals surface area contributed by atoms with Gasteiger partial charge in [-0.05, 0) is 28.4 Å². The number of aromatic nitrogens is 2. The van der Waals surface area contributed by atoms with E-state index in [1.54, 1.807) is 0 Å². The number of aromatic amines is 1. The fraction of sp³-hybridized carbons (Fsp3) is 0.100. The Labute approximate surface area is 103 Å². The number of hydrogen-bond acceptors (Lipinski definition) is 2. The maximum absolute atomic E-state index is 5.55. The summed E-state index contributed by atoms with van der Waals surface area (Å²) in [7, 11) is 0. The van der Waals surface area contributed by atoms with Crippen LogP contribution in [0.5, 0.6) is 0 Å². The summed E-state index contributed by atoms with van der Waals surface area (Å²) in [6.45, 7) is 2.05. The number of aryl methyl sites for hydroxylation is 1. The van der Waals surface area contributed by atoms with Crippen LogP contribution in [0, 0.1) is 6.92 Å². The van der Waals surface area contributed by atoms with Gasteiger partial charge in [-0.1, -0.05) is 18.2 Å². The molecule has 0 aliphatic rings. The Hall–Kier alpha value is -1.00. The highest BCUT2D eigenvalue weighted by Crippen LogP contribution is 2.29. The van der Waals surface area contributed by atoms with Gasteiger partial charge in [-0.3, -0.25) is 5.10 Å². The van der Waals surface area contributed by atoms with Crippen molar-refractivity contribution in [1.82, 2.24) is 10.2 Å². The lowest BCUT2D eigenvalue weighted by molar-refractivity contribution is 1.10. The lowest BCUT2D eigenvalue weighted by atomic mass is 10.1. The molecule has 0 saturated carbocycles. The fourth-order valence-electron chi connectivity index (χ4n) is 1.33. The van der Waals surface area contributed by atoms with E-state index in [1.807, 2.05) is 31.2 Å². The zero-order valence-corrected chi connectivity index (χ0v) is 10.5. The first-order valence-electron chi connectivity index (χ1n) is 4.25. The smallest absolute Gasteiger partial charge is 0.145 e. The number of benzene rings is 1. The van der Waals surface area contributed by atoms with Crippen molar-refractivity contribution in [3.05, 3.63) is 34.3 Å². The number of nitrogens with zero attached hydrogens (tertiary/aromatic N) is 1. The standard InChI is InChI=1S/C10H10BrN3.ClH/c1-6-3-2-4-7(10(6)11)8-5-9(12)14-13-8;/h2-5H,1H3,(H3,12,13,14);1H. The van der Waals surface area contributed by atoms with Crippen molar-refractivity contribution < 1.29 is 0 Å². The van der Waals surface area contributed by atoms with E-state index in [-0.39, 0.29) is 12.4 Å². The molecule has 1 aromatic heterocycles. The molecule has 0 unspecified atom stereocenters. The second kappa shape index (κ2) is 4.68. The van der Waals surface area contributed by atoms with E-state index in [9.17, 15) is 0 Å². The number of nitrogens with two attached hydrogens (primary N) is 1. The van der Waals surface area contributed by atoms with Gasteiger partial charge in [0.15, 0.2) is 0 Å². The number of halogens is 2. The highest BCUT2D eigenvalue weighted by molar-refractivity contribution is 9.10. The molecule has 0 aliphatic carbocycles. The van der Waals surface area contributed by atoms with Crippen LogP contribution in [0.3, 0.4) is 0 Å². The van der Waals surface area contributed by atoms with Gasteiger partial charge in [-0.25, -0.2) is 0 Å². The summed E-state index contributed by atoms with van der Waals surface area (Å²) in [6.07, 6.45) is 0. The topological polar surface area (TPSA) is 54.7 Å². The minimum atomic E-state index is 0. The molecule has 0 saturated heterocycles. The third-order valence-electron chi connectivity index (χ3n) is 2.08. The van der Waals surface area contributed by atoms with E-state index in [2.05, 4.69) is 26.1 Å². The third kappa shape index (κ3) is 2.33.